The minimum absolute atomic E-state index is 0.207. The van der Waals surface area contributed by atoms with Crippen molar-refractivity contribution in [2.24, 2.45) is 0 Å². The predicted octanol–water partition coefficient (Wildman–Crippen LogP) is 3.86. The molecule has 1 aromatic carbocycles. The SMILES string of the molecule is Cc1[c]cc(Br)c(C(C)(C)C)c1. The zero-order chi connectivity index (χ0) is 9.35. The topological polar surface area (TPSA) is 0 Å². The van der Waals surface area contributed by atoms with Gasteiger partial charge in [0.05, 0.1) is 0 Å². The first-order chi connectivity index (χ1) is 5.41. The van der Waals surface area contributed by atoms with E-state index >= 15 is 0 Å². The zero-order valence-electron chi connectivity index (χ0n) is 8.03. The number of hydrogen-bond acceptors (Lipinski definition) is 0. The third kappa shape index (κ3) is 2.10. The summed E-state index contributed by atoms with van der Waals surface area (Å²) in [5, 5.41) is 0. The van der Waals surface area contributed by atoms with Crippen LogP contribution in [-0.4, -0.2) is 0 Å². The highest BCUT2D eigenvalue weighted by Crippen LogP contribution is 2.29. The molecule has 0 heterocycles. The molecule has 65 valence electrons. The number of hydrogen-bond donors (Lipinski definition) is 0. The minimum Gasteiger partial charge on any atom is -0.0560 e. The molecule has 0 aliphatic carbocycles. The van der Waals surface area contributed by atoms with E-state index in [1.807, 2.05) is 6.07 Å². The molecule has 0 fully saturated rings. The summed E-state index contributed by atoms with van der Waals surface area (Å²) in [5.74, 6) is 0. The third-order valence-corrected chi connectivity index (χ3v) is 2.51. The van der Waals surface area contributed by atoms with Crippen LogP contribution in [0.2, 0.25) is 0 Å². The van der Waals surface area contributed by atoms with Crippen molar-refractivity contribution >= 4 is 15.9 Å². The Hall–Kier alpha value is -0.300. The van der Waals surface area contributed by atoms with E-state index in [0.717, 1.165) is 4.47 Å². The molecular weight excluding hydrogens is 212 g/mol. The van der Waals surface area contributed by atoms with Gasteiger partial charge in [0.25, 0.3) is 0 Å². The summed E-state index contributed by atoms with van der Waals surface area (Å²) in [4.78, 5) is 0. The molecule has 0 amide bonds. The second kappa shape index (κ2) is 3.21. The molecule has 12 heavy (non-hydrogen) atoms. The Kier molecular flexibility index (Phi) is 2.62. The van der Waals surface area contributed by atoms with Crippen LogP contribution in [0.3, 0.4) is 0 Å². The second-order valence-corrected chi connectivity index (χ2v) is 4.98. The third-order valence-electron chi connectivity index (χ3n) is 1.85. The number of aryl methyl sites for hydroxylation is 1. The van der Waals surface area contributed by atoms with Gasteiger partial charge >= 0.3 is 0 Å². The molecule has 0 saturated heterocycles. The van der Waals surface area contributed by atoms with Crippen molar-refractivity contribution < 1.29 is 0 Å². The van der Waals surface area contributed by atoms with Gasteiger partial charge in [-0.2, -0.15) is 0 Å². The van der Waals surface area contributed by atoms with E-state index < -0.39 is 0 Å². The summed E-state index contributed by atoms with van der Waals surface area (Å²) in [5.41, 5.74) is 2.75. The smallest absolute Gasteiger partial charge is 0.0219 e. The fraction of sp³-hybridized carbons (Fsp3) is 0.455. The monoisotopic (exact) mass is 225 g/mol. The first kappa shape index (κ1) is 9.79. The van der Waals surface area contributed by atoms with E-state index in [9.17, 15) is 0 Å². The summed E-state index contributed by atoms with van der Waals surface area (Å²) in [7, 11) is 0. The van der Waals surface area contributed by atoms with E-state index in [4.69, 9.17) is 0 Å². The molecule has 0 aromatic heterocycles. The molecule has 0 saturated carbocycles. The average molecular weight is 226 g/mol. The first-order valence-electron chi connectivity index (χ1n) is 4.09. The maximum absolute atomic E-state index is 3.53. The molecule has 0 nitrogen and oxygen atoms in total. The van der Waals surface area contributed by atoms with Crippen molar-refractivity contribution in [3.05, 3.63) is 33.8 Å². The summed E-state index contributed by atoms with van der Waals surface area (Å²) in [6.07, 6.45) is 0. The Morgan fingerprint density at radius 2 is 1.92 bits per heavy atom. The van der Waals surface area contributed by atoms with Crippen molar-refractivity contribution in [2.75, 3.05) is 0 Å². The Morgan fingerprint density at radius 3 is 2.33 bits per heavy atom. The average Bonchev–Trinajstić information content (AvgIpc) is 1.92. The Bertz CT molecular complexity index is 282. The molecular formula is C11H14Br. The Balaban J connectivity index is 3.23. The minimum atomic E-state index is 0.207. The highest BCUT2D eigenvalue weighted by atomic mass is 79.9. The molecule has 1 heteroatoms. The predicted molar refractivity (Wildman–Crippen MR) is 56.4 cm³/mol. The van der Waals surface area contributed by atoms with Crippen LogP contribution in [0.4, 0.5) is 0 Å². The number of halogens is 1. The van der Waals surface area contributed by atoms with Crippen LogP contribution >= 0.6 is 15.9 Å². The number of rotatable bonds is 0. The number of benzene rings is 1. The molecule has 1 rings (SSSR count). The molecule has 0 N–H and O–H groups in total. The summed E-state index contributed by atoms with van der Waals surface area (Å²) in [6, 6.07) is 7.35. The van der Waals surface area contributed by atoms with Crippen molar-refractivity contribution in [1.82, 2.24) is 0 Å². The van der Waals surface area contributed by atoms with Crippen LogP contribution in [0.25, 0.3) is 0 Å². The largest absolute Gasteiger partial charge is 0.0560 e. The lowest BCUT2D eigenvalue weighted by atomic mass is 9.86. The molecule has 1 radical (unpaired) electrons. The normalized spacial score (nSPS) is 11.8. The van der Waals surface area contributed by atoms with Gasteiger partial charge in [-0.25, -0.2) is 0 Å². The lowest BCUT2D eigenvalue weighted by Gasteiger charge is -2.21. The Morgan fingerprint density at radius 1 is 1.33 bits per heavy atom. The van der Waals surface area contributed by atoms with Crippen molar-refractivity contribution in [2.45, 2.75) is 33.1 Å². The zero-order valence-corrected chi connectivity index (χ0v) is 9.62. The fourth-order valence-corrected chi connectivity index (χ4v) is 1.98. The Labute approximate surface area is 83.1 Å². The first-order valence-corrected chi connectivity index (χ1v) is 4.89. The van der Waals surface area contributed by atoms with Gasteiger partial charge < -0.3 is 0 Å². The quantitative estimate of drug-likeness (QED) is 0.630. The van der Waals surface area contributed by atoms with Crippen molar-refractivity contribution in [1.29, 1.82) is 0 Å². The highest BCUT2D eigenvalue weighted by Gasteiger charge is 2.16. The lowest BCUT2D eigenvalue weighted by Crippen LogP contribution is -2.12. The van der Waals surface area contributed by atoms with Gasteiger partial charge in [-0.15, -0.1) is 0 Å². The molecule has 0 aliphatic heterocycles. The summed E-state index contributed by atoms with van der Waals surface area (Å²) in [6.45, 7) is 8.72. The van der Waals surface area contributed by atoms with Crippen molar-refractivity contribution in [3.8, 4) is 0 Å². The second-order valence-electron chi connectivity index (χ2n) is 4.13. The maximum Gasteiger partial charge on any atom is 0.0219 e. The van der Waals surface area contributed by atoms with Crippen LogP contribution in [-0.2, 0) is 5.41 Å². The van der Waals surface area contributed by atoms with E-state index in [-0.39, 0.29) is 5.41 Å². The van der Waals surface area contributed by atoms with Gasteiger partial charge in [0.1, 0.15) is 0 Å². The van der Waals surface area contributed by atoms with Gasteiger partial charge in [-0.05, 0) is 35.6 Å². The van der Waals surface area contributed by atoms with Crippen LogP contribution in [0.1, 0.15) is 31.9 Å². The van der Waals surface area contributed by atoms with Gasteiger partial charge in [0.15, 0.2) is 0 Å². The summed E-state index contributed by atoms with van der Waals surface area (Å²) < 4.78 is 1.15. The van der Waals surface area contributed by atoms with Gasteiger partial charge in [-0.1, -0.05) is 42.8 Å². The standard InChI is InChI=1S/C11H14Br/c1-8-5-6-10(12)9(7-8)11(2,3)4/h6-7H,1-4H3. The van der Waals surface area contributed by atoms with Crippen LogP contribution in [0.5, 0.6) is 0 Å². The van der Waals surface area contributed by atoms with Gasteiger partial charge in [0.2, 0.25) is 0 Å². The van der Waals surface area contributed by atoms with E-state index in [1.54, 1.807) is 0 Å². The molecule has 1 aromatic rings. The highest BCUT2D eigenvalue weighted by molar-refractivity contribution is 9.10. The van der Waals surface area contributed by atoms with Crippen molar-refractivity contribution in [3.63, 3.8) is 0 Å². The fourth-order valence-electron chi connectivity index (χ4n) is 1.16. The maximum atomic E-state index is 3.53. The molecule has 0 atom stereocenters. The van der Waals surface area contributed by atoms with E-state index in [0.29, 0.717) is 0 Å². The van der Waals surface area contributed by atoms with Gasteiger partial charge in [-0.3, -0.25) is 0 Å². The van der Waals surface area contributed by atoms with Crippen LogP contribution in [0, 0.1) is 13.0 Å². The van der Waals surface area contributed by atoms with Crippen LogP contribution < -0.4 is 0 Å². The molecule has 0 bridgehead atoms. The van der Waals surface area contributed by atoms with Crippen LogP contribution in [0.15, 0.2) is 16.6 Å². The van der Waals surface area contributed by atoms with E-state index in [1.165, 1.54) is 11.1 Å². The molecule has 0 aliphatic rings. The molecule has 0 unspecified atom stereocenters. The summed E-state index contributed by atoms with van der Waals surface area (Å²) >= 11 is 3.53. The van der Waals surface area contributed by atoms with Gasteiger partial charge in [0, 0.05) is 4.47 Å². The lowest BCUT2D eigenvalue weighted by molar-refractivity contribution is 0.586. The molecule has 0 spiro atoms. The van der Waals surface area contributed by atoms with E-state index in [2.05, 4.69) is 55.8 Å².